The molecule has 0 saturated heterocycles. The molecule has 0 aromatic heterocycles. The molecular weight excluding hydrogens is 234 g/mol. The number of rotatable bonds is 5. The van der Waals surface area contributed by atoms with E-state index in [0.29, 0.717) is 0 Å². The molecule has 2 N–H and O–H groups in total. The molecule has 7 heteroatoms. The third kappa shape index (κ3) is 3.61. The van der Waals surface area contributed by atoms with Crippen molar-refractivity contribution in [1.29, 1.82) is 0 Å². The lowest BCUT2D eigenvalue weighted by Gasteiger charge is -2.04. The van der Waals surface area contributed by atoms with Crippen molar-refractivity contribution < 1.29 is 22.6 Å². The van der Waals surface area contributed by atoms with Gasteiger partial charge < -0.3 is 5.11 Å². The molecule has 0 bridgehead atoms. The first-order chi connectivity index (χ1) is 7.42. The van der Waals surface area contributed by atoms with Crippen molar-refractivity contribution in [2.75, 3.05) is 6.54 Å². The Hall–Kier alpha value is -1.44. The van der Waals surface area contributed by atoms with Gasteiger partial charge in [0, 0.05) is 0 Å². The normalized spacial score (nSPS) is 11.3. The molecule has 1 aromatic rings. The fourth-order valence-corrected chi connectivity index (χ4v) is 1.70. The summed E-state index contributed by atoms with van der Waals surface area (Å²) in [5, 5.41) is 8.28. The van der Waals surface area contributed by atoms with Crippen molar-refractivity contribution in [2.24, 2.45) is 0 Å². The summed E-state index contributed by atoms with van der Waals surface area (Å²) in [5.41, 5.74) is 2.76. The fourth-order valence-electron chi connectivity index (χ4n) is 0.922. The highest BCUT2D eigenvalue weighted by Gasteiger charge is 2.15. The molecule has 0 unspecified atom stereocenters. The number of aryl methyl sites for hydroxylation is 1. The average molecular weight is 245 g/mol. The SMILES string of the molecule is Cc1ccc(S(=O)(=O)ONCC(=O)O)cc1. The Labute approximate surface area is 92.9 Å². The molecule has 0 amide bonds. The van der Waals surface area contributed by atoms with Crippen LogP contribution in [0.5, 0.6) is 0 Å². The van der Waals surface area contributed by atoms with Gasteiger partial charge >= 0.3 is 16.1 Å². The first-order valence-corrected chi connectivity index (χ1v) is 5.77. The number of benzene rings is 1. The van der Waals surface area contributed by atoms with Gasteiger partial charge in [-0.15, -0.1) is 0 Å². The van der Waals surface area contributed by atoms with E-state index >= 15 is 0 Å². The summed E-state index contributed by atoms with van der Waals surface area (Å²) in [6.45, 7) is 1.23. The van der Waals surface area contributed by atoms with E-state index in [9.17, 15) is 13.2 Å². The smallest absolute Gasteiger partial charge is 0.319 e. The van der Waals surface area contributed by atoms with Crippen LogP contribution in [-0.4, -0.2) is 26.0 Å². The minimum Gasteiger partial charge on any atom is -0.480 e. The Kier molecular flexibility index (Phi) is 3.99. The van der Waals surface area contributed by atoms with Gasteiger partial charge in [-0.25, -0.2) is 0 Å². The molecule has 1 rings (SSSR count). The van der Waals surface area contributed by atoms with Gasteiger partial charge in [-0.05, 0) is 19.1 Å². The fraction of sp³-hybridized carbons (Fsp3) is 0.222. The molecule has 0 spiro atoms. The van der Waals surface area contributed by atoms with Crippen LogP contribution >= 0.6 is 0 Å². The average Bonchev–Trinajstić information content (AvgIpc) is 2.17. The predicted molar refractivity (Wildman–Crippen MR) is 55.1 cm³/mol. The van der Waals surface area contributed by atoms with Gasteiger partial charge in [0.25, 0.3) is 0 Å². The van der Waals surface area contributed by atoms with Crippen LogP contribution in [0.1, 0.15) is 5.56 Å². The van der Waals surface area contributed by atoms with E-state index in [1.807, 2.05) is 12.4 Å². The van der Waals surface area contributed by atoms with E-state index < -0.39 is 22.6 Å². The zero-order valence-corrected chi connectivity index (χ0v) is 9.32. The number of aliphatic carboxylic acids is 1. The van der Waals surface area contributed by atoms with Crippen LogP contribution in [0.2, 0.25) is 0 Å². The lowest BCUT2D eigenvalue weighted by atomic mass is 10.2. The van der Waals surface area contributed by atoms with E-state index in [-0.39, 0.29) is 4.90 Å². The van der Waals surface area contributed by atoms with Crippen LogP contribution in [0.3, 0.4) is 0 Å². The molecule has 0 heterocycles. The zero-order valence-electron chi connectivity index (χ0n) is 8.50. The molecular formula is C9H11NO5S. The summed E-state index contributed by atoms with van der Waals surface area (Å²) < 4.78 is 27.2. The highest BCUT2D eigenvalue weighted by molar-refractivity contribution is 7.86. The largest absolute Gasteiger partial charge is 0.480 e. The van der Waals surface area contributed by atoms with E-state index in [1.165, 1.54) is 12.1 Å². The zero-order chi connectivity index (χ0) is 12.2. The second kappa shape index (κ2) is 5.06. The standard InChI is InChI=1S/C9H11NO5S/c1-7-2-4-8(5-3-7)16(13,14)15-10-6-9(11)12/h2-5,10H,6H2,1H3,(H,11,12). The maximum absolute atomic E-state index is 11.4. The van der Waals surface area contributed by atoms with Gasteiger partial charge in [-0.1, -0.05) is 17.7 Å². The van der Waals surface area contributed by atoms with Crippen molar-refractivity contribution in [1.82, 2.24) is 5.48 Å². The number of hydroxylamine groups is 1. The second-order valence-corrected chi connectivity index (χ2v) is 4.61. The van der Waals surface area contributed by atoms with E-state index in [0.717, 1.165) is 5.56 Å². The number of hydrogen-bond donors (Lipinski definition) is 2. The van der Waals surface area contributed by atoms with Crippen molar-refractivity contribution in [3.63, 3.8) is 0 Å². The van der Waals surface area contributed by atoms with Crippen LogP contribution in [-0.2, 0) is 19.2 Å². The third-order valence-electron chi connectivity index (χ3n) is 1.70. The van der Waals surface area contributed by atoms with Crippen molar-refractivity contribution in [3.05, 3.63) is 29.8 Å². The molecule has 0 aliphatic heterocycles. The molecule has 0 atom stereocenters. The number of carbonyl (C=O) groups is 1. The summed E-state index contributed by atoms with van der Waals surface area (Å²) in [6, 6.07) is 6.00. The summed E-state index contributed by atoms with van der Waals surface area (Å²) >= 11 is 0. The molecule has 16 heavy (non-hydrogen) atoms. The maximum Gasteiger partial charge on any atom is 0.319 e. The maximum atomic E-state index is 11.4. The number of nitrogens with one attached hydrogen (secondary N) is 1. The van der Waals surface area contributed by atoms with Gasteiger partial charge in [0.2, 0.25) is 0 Å². The Morgan fingerprint density at radius 1 is 1.38 bits per heavy atom. The summed E-state index contributed by atoms with van der Waals surface area (Å²) in [6.07, 6.45) is 0. The van der Waals surface area contributed by atoms with Gasteiger partial charge in [-0.3, -0.25) is 4.79 Å². The van der Waals surface area contributed by atoms with Gasteiger partial charge in [0.1, 0.15) is 6.54 Å². The Balaban J connectivity index is 2.71. The van der Waals surface area contributed by atoms with Gasteiger partial charge in [0.05, 0.1) is 4.90 Å². The second-order valence-electron chi connectivity index (χ2n) is 3.07. The monoisotopic (exact) mass is 245 g/mol. The summed E-state index contributed by atoms with van der Waals surface area (Å²) in [4.78, 5) is 10.1. The number of carboxylic acids is 1. The van der Waals surface area contributed by atoms with E-state index in [4.69, 9.17) is 5.11 Å². The van der Waals surface area contributed by atoms with E-state index in [1.54, 1.807) is 12.1 Å². The number of hydrogen-bond acceptors (Lipinski definition) is 5. The highest BCUT2D eigenvalue weighted by atomic mass is 32.2. The van der Waals surface area contributed by atoms with Crippen LogP contribution < -0.4 is 5.48 Å². The first kappa shape index (κ1) is 12.6. The van der Waals surface area contributed by atoms with Crippen molar-refractivity contribution >= 4 is 16.1 Å². The Bertz CT molecular complexity index is 465. The van der Waals surface area contributed by atoms with Gasteiger partial charge in [0.15, 0.2) is 0 Å². The molecule has 1 aromatic carbocycles. The molecule has 0 fully saturated rings. The van der Waals surface area contributed by atoms with Crippen molar-refractivity contribution in [3.8, 4) is 0 Å². The van der Waals surface area contributed by atoms with Crippen LogP contribution in [0.4, 0.5) is 0 Å². The molecule has 0 aliphatic carbocycles. The lowest BCUT2D eigenvalue weighted by Crippen LogP contribution is -2.26. The quantitative estimate of drug-likeness (QED) is 0.724. The predicted octanol–water partition coefficient (Wildman–Crippen LogP) is 0.290. The third-order valence-corrected chi connectivity index (χ3v) is 2.89. The first-order valence-electron chi connectivity index (χ1n) is 4.36. The topological polar surface area (TPSA) is 92.7 Å². The van der Waals surface area contributed by atoms with Crippen LogP contribution in [0.25, 0.3) is 0 Å². The minimum atomic E-state index is -3.95. The molecule has 0 saturated carbocycles. The Morgan fingerprint density at radius 2 is 1.94 bits per heavy atom. The van der Waals surface area contributed by atoms with E-state index in [2.05, 4.69) is 4.28 Å². The minimum absolute atomic E-state index is 0.0315. The molecule has 6 nitrogen and oxygen atoms in total. The molecule has 0 aliphatic rings. The number of carboxylic acid groups (broad SMARTS) is 1. The Morgan fingerprint density at radius 3 is 2.44 bits per heavy atom. The summed E-state index contributed by atoms with van der Waals surface area (Å²) in [7, 11) is -3.95. The highest BCUT2D eigenvalue weighted by Crippen LogP contribution is 2.11. The van der Waals surface area contributed by atoms with Crippen molar-refractivity contribution in [2.45, 2.75) is 11.8 Å². The van der Waals surface area contributed by atoms with Gasteiger partial charge in [-0.2, -0.15) is 18.2 Å². The summed E-state index contributed by atoms with van der Waals surface area (Å²) in [5.74, 6) is -1.21. The van der Waals surface area contributed by atoms with Crippen LogP contribution in [0.15, 0.2) is 29.2 Å². The van der Waals surface area contributed by atoms with Crippen LogP contribution in [0, 0.1) is 6.92 Å². The lowest BCUT2D eigenvalue weighted by molar-refractivity contribution is -0.137. The molecule has 0 radical (unpaired) electrons. The molecule has 88 valence electrons.